The lowest BCUT2D eigenvalue weighted by molar-refractivity contribution is -0.113. The fourth-order valence-corrected chi connectivity index (χ4v) is 5.50. The number of carbonyl (C=O) groups excluding carboxylic acids is 1. The Bertz CT molecular complexity index is 1560. The summed E-state index contributed by atoms with van der Waals surface area (Å²) < 4.78 is 19.0. The molecule has 1 heterocycles. The molecular weight excluding hydrogens is 554 g/mol. The highest BCUT2D eigenvalue weighted by molar-refractivity contribution is 8.19. The van der Waals surface area contributed by atoms with E-state index in [2.05, 4.69) is 0 Å². The first-order valence-electron chi connectivity index (χ1n) is 12.1. The van der Waals surface area contributed by atoms with Crippen LogP contribution in [-0.2, 0) is 11.4 Å². The van der Waals surface area contributed by atoms with Crippen LogP contribution in [0.15, 0.2) is 94.8 Å². The average molecular weight is 578 g/mol. The zero-order chi connectivity index (χ0) is 27.5. The number of thioether (sulfide) groups is 1. The Morgan fingerprint density at radius 1 is 0.897 bits per heavy atom. The first-order chi connectivity index (χ1) is 18.8. The molecule has 0 spiro atoms. The number of hydrogen-bond donors (Lipinski definition) is 0. The SMILES string of the molecule is Cc1ccc(N=C2S/C(=C\c3cc(Cl)c(OCc4ccc(F)cc4)c(Cl)c3)C(=O)N2c2ccc(C)cc2)cc1. The fourth-order valence-electron chi connectivity index (χ4n) is 3.89. The molecule has 0 saturated carbocycles. The molecule has 1 saturated heterocycles. The number of amidine groups is 1. The summed E-state index contributed by atoms with van der Waals surface area (Å²) in [6, 6.07) is 24.9. The van der Waals surface area contributed by atoms with Crippen molar-refractivity contribution in [3.05, 3.63) is 128 Å². The van der Waals surface area contributed by atoms with Crippen LogP contribution >= 0.6 is 35.0 Å². The van der Waals surface area contributed by atoms with Gasteiger partial charge in [0.05, 0.1) is 26.3 Å². The molecule has 0 aliphatic carbocycles. The van der Waals surface area contributed by atoms with Gasteiger partial charge in [-0.15, -0.1) is 0 Å². The molecule has 4 nitrogen and oxygen atoms in total. The van der Waals surface area contributed by atoms with E-state index in [0.717, 1.165) is 28.1 Å². The predicted molar refractivity (Wildman–Crippen MR) is 160 cm³/mol. The van der Waals surface area contributed by atoms with Gasteiger partial charge in [-0.1, -0.05) is 70.7 Å². The third kappa shape index (κ3) is 6.36. The molecule has 4 aromatic rings. The number of nitrogens with zero attached hydrogens (tertiary/aromatic N) is 2. The van der Waals surface area contributed by atoms with E-state index in [1.807, 2.05) is 62.4 Å². The van der Waals surface area contributed by atoms with Gasteiger partial charge in [0, 0.05) is 0 Å². The summed E-state index contributed by atoms with van der Waals surface area (Å²) in [7, 11) is 0. The average Bonchev–Trinajstić information content (AvgIpc) is 3.20. The number of benzene rings is 4. The van der Waals surface area contributed by atoms with Crippen LogP contribution in [-0.4, -0.2) is 11.1 Å². The van der Waals surface area contributed by atoms with E-state index in [-0.39, 0.29) is 18.3 Å². The van der Waals surface area contributed by atoms with Gasteiger partial charge in [0.2, 0.25) is 0 Å². The third-order valence-corrected chi connectivity index (χ3v) is 7.50. The van der Waals surface area contributed by atoms with Crippen LogP contribution in [0.1, 0.15) is 22.3 Å². The molecule has 1 aliphatic heterocycles. The van der Waals surface area contributed by atoms with Gasteiger partial charge in [-0.3, -0.25) is 9.69 Å². The van der Waals surface area contributed by atoms with Crippen molar-refractivity contribution in [2.45, 2.75) is 20.5 Å². The molecule has 4 aromatic carbocycles. The molecule has 1 fully saturated rings. The summed E-state index contributed by atoms with van der Waals surface area (Å²) in [5, 5.41) is 1.15. The van der Waals surface area contributed by atoms with Crippen LogP contribution in [0.25, 0.3) is 6.08 Å². The zero-order valence-corrected chi connectivity index (χ0v) is 23.4. The lowest BCUT2D eigenvalue weighted by atomic mass is 10.2. The maximum Gasteiger partial charge on any atom is 0.271 e. The molecule has 1 amide bonds. The number of hydrogen-bond acceptors (Lipinski definition) is 4. The van der Waals surface area contributed by atoms with E-state index in [9.17, 15) is 9.18 Å². The Labute approximate surface area is 240 Å². The van der Waals surface area contributed by atoms with Crippen molar-refractivity contribution < 1.29 is 13.9 Å². The lowest BCUT2D eigenvalue weighted by Gasteiger charge is -2.16. The number of carbonyl (C=O) groups is 1. The molecule has 1 aliphatic rings. The van der Waals surface area contributed by atoms with E-state index >= 15 is 0 Å². The first-order valence-corrected chi connectivity index (χ1v) is 13.7. The highest BCUT2D eigenvalue weighted by Gasteiger charge is 2.34. The molecule has 0 N–H and O–H groups in total. The van der Waals surface area contributed by atoms with Crippen molar-refractivity contribution in [3.8, 4) is 5.75 Å². The van der Waals surface area contributed by atoms with E-state index in [4.69, 9.17) is 32.9 Å². The summed E-state index contributed by atoms with van der Waals surface area (Å²) in [4.78, 5) is 20.5. The van der Waals surface area contributed by atoms with Gasteiger partial charge in [-0.25, -0.2) is 9.38 Å². The van der Waals surface area contributed by atoms with E-state index < -0.39 is 0 Å². The zero-order valence-electron chi connectivity index (χ0n) is 21.1. The van der Waals surface area contributed by atoms with Crippen LogP contribution in [0.2, 0.25) is 10.0 Å². The van der Waals surface area contributed by atoms with E-state index in [1.165, 1.54) is 23.9 Å². The number of ether oxygens (including phenoxy) is 1. The molecule has 196 valence electrons. The smallest absolute Gasteiger partial charge is 0.271 e. The van der Waals surface area contributed by atoms with Gasteiger partial charge in [0.1, 0.15) is 12.4 Å². The maximum atomic E-state index is 13.6. The number of aryl methyl sites for hydroxylation is 2. The third-order valence-electron chi connectivity index (χ3n) is 5.97. The van der Waals surface area contributed by atoms with Crippen molar-refractivity contribution in [2.24, 2.45) is 4.99 Å². The molecule has 5 rings (SSSR count). The summed E-state index contributed by atoms with van der Waals surface area (Å²) in [6.07, 6.45) is 1.74. The maximum absolute atomic E-state index is 13.6. The van der Waals surface area contributed by atoms with Gasteiger partial charge in [-0.2, -0.15) is 0 Å². The van der Waals surface area contributed by atoms with Gasteiger partial charge in [-0.05, 0) is 91.3 Å². The van der Waals surface area contributed by atoms with Crippen LogP contribution in [0.5, 0.6) is 5.75 Å². The number of halogens is 3. The first kappa shape index (κ1) is 27.0. The monoisotopic (exact) mass is 576 g/mol. The quantitative estimate of drug-likeness (QED) is 0.215. The Morgan fingerprint density at radius 3 is 2.10 bits per heavy atom. The van der Waals surface area contributed by atoms with Crippen LogP contribution in [0.4, 0.5) is 15.8 Å². The van der Waals surface area contributed by atoms with Gasteiger partial charge >= 0.3 is 0 Å². The van der Waals surface area contributed by atoms with Crippen LogP contribution in [0.3, 0.4) is 0 Å². The van der Waals surface area contributed by atoms with Gasteiger partial charge in [0.25, 0.3) is 5.91 Å². The summed E-state index contributed by atoms with van der Waals surface area (Å²) in [5.41, 5.74) is 5.13. The van der Waals surface area contributed by atoms with E-state index in [1.54, 1.807) is 35.2 Å². The van der Waals surface area contributed by atoms with Gasteiger partial charge < -0.3 is 4.74 Å². The van der Waals surface area contributed by atoms with Crippen LogP contribution < -0.4 is 9.64 Å². The van der Waals surface area contributed by atoms with Crippen molar-refractivity contribution in [1.29, 1.82) is 0 Å². The molecule has 0 bridgehead atoms. The van der Waals surface area contributed by atoms with E-state index in [0.29, 0.717) is 31.4 Å². The molecule has 0 radical (unpaired) electrons. The van der Waals surface area contributed by atoms with Crippen molar-refractivity contribution in [3.63, 3.8) is 0 Å². The minimum Gasteiger partial charge on any atom is -0.486 e. The molecule has 0 unspecified atom stereocenters. The molecule has 0 aromatic heterocycles. The predicted octanol–water partition coefficient (Wildman–Crippen LogP) is 9.14. The second-order valence-corrected chi connectivity index (χ2v) is 10.9. The largest absolute Gasteiger partial charge is 0.486 e. The summed E-state index contributed by atoms with van der Waals surface area (Å²) >= 11 is 14.3. The number of anilines is 1. The minimum absolute atomic E-state index is 0.179. The highest BCUT2D eigenvalue weighted by atomic mass is 35.5. The minimum atomic E-state index is -0.320. The Balaban J connectivity index is 1.44. The summed E-state index contributed by atoms with van der Waals surface area (Å²) in [5.74, 6) is -0.198. The molecule has 0 atom stereocenters. The fraction of sp³-hybridized carbons (Fsp3) is 0.0968. The molecule has 8 heteroatoms. The topological polar surface area (TPSA) is 41.9 Å². The second kappa shape index (κ2) is 11.7. The highest BCUT2D eigenvalue weighted by Crippen LogP contribution is 2.40. The number of aliphatic imine (C=N–C) groups is 1. The molecular formula is C31H23Cl2FN2O2S. The van der Waals surface area contributed by atoms with Crippen molar-refractivity contribution in [2.75, 3.05) is 4.90 Å². The number of amides is 1. The van der Waals surface area contributed by atoms with Crippen LogP contribution in [0, 0.1) is 19.7 Å². The summed E-state index contributed by atoms with van der Waals surface area (Å²) in [6.45, 7) is 4.19. The second-order valence-electron chi connectivity index (χ2n) is 9.05. The molecule has 39 heavy (non-hydrogen) atoms. The van der Waals surface area contributed by atoms with Crippen molar-refractivity contribution >= 4 is 63.5 Å². The normalized spacial score (nSPS) is 15.4. The Morgan fingerprint density at radius 2 is 1.49 bits per heavy atom. The van der Waals surface area contributed by atoms with Gasteiger partial charge in [0.15, 0.2) is 10.9 Å². The standard InChI is InChI=1S/C31H23Cl2FN2O2S/c1-19-3-11-24(12-4-19)35-31-36(25-13-5-20(2)6-14-25)30(37)28(39-31)17-22-15-26(32)29(27(33)16-22)38-18-21-7-9-23(34)10-8-21/h3-17H,18H2,1-2H3/b28-17-,35-31?. The Hall–Kier alpha value is -3.58. The Kier molecular flexibility index (Phi) is 8.07. The van der Waals surface area contributed by atoms with Crippen molar-refractivity contribution in [1.82, 2.24) is 0 Å². The number of rotatable bonds is 6. The lowest BCUT2D eigenvalue weighted by Crippen LogP contribution is -2.28.